The van der Waals surface area contributed by atoms with Gasteiger partial charge in [0, 0.05) is 15.7 Å². The Labute approximate surface area is 168 Å². The molecule has 0 saturated heterocycles. The number of anilines is 1. The summed E-state index contributed by atoms with van der Waals surface area (Å²) in [6.07, 6.45) is 0.714. The van der Waals surface area contributed by atoms with Crippen molar-refractivity contribution in [1.29, 1.82) is 0 Å². The molecule has 26 heavy (non-hydrogen) atoms. The Morgan fingerprint density at radius 1 is 1.23 bits per heavy atom. The van der Waals surface area contributed by atoms with Crippen molar-refractivity contribution in [3.63, 3.8) is 0 Å². The zero-order valence-electron chi connectivity index (χ0n) is 14.1. The lowest BCUT2D eigenvalue weighted by atomic mass is 10.2. The first kappa shape index (κ1) is 18.8. The third kappa shape index (κ3) is 5.01. The van der Waals surface area contributed by atoms with Crippen LogP contribution in [0.1, 0.15) is 17.0 Å². The zero-order chi connectivity index (χ0) is 18.5. The summed E-state index contributed by atoms with van der Waals surface area (Å²) in [4.78, 5) is 28.3. The predicted molar refractivity (Wildman–Crippen MR) is 111 cm³/mol. The van der Waals surface area contributed by atoms with Gasteiger partial charge in [-0.15, -0.1) is 11.3 Å². The summed E-state index contributed by atoms with van der Waals surface area (Å²) in [5, 5.41) is 3.65. The first-order chi connectivity index (χ1) is 12.5. The Morgan fingerprint density at radius 3 is 2.81 bits per heavy atom. The first-order valence-electron chi connectivity index (χ1n) is 8.07. The van der Waals surface area contributed by atoms with Gasteiger partial charge in [0.25, 0.3) is 5.91 Å². The number of thiazole rings is 1. The fourth-order valence-corrected chi connectivity index (χ4v) is 4.02. The van der Waals surface area contributed by atoms with Crippen LogP contribution in [0.2, 0.25) is 0 Å². The molecule has 1 amide bonds. The smallest absolute Gasteiger partial charge is 0.306 e. The number of carbonyl (C=O) groups is 2. The molecular formula is C19H17IN2O3S. The van der Waals surface area contributed by atoms with Crippen LogP contribution in [0, 0.1) is 10.5 Å². The van der Waals surface area contributed by atoms with Crippen LogP contribution in [-0.2, 0) is 20.7 Å². The van der Waals surface area contributed by atoms with E-state index >= 15 is 0 Å². The molecule has 0 unspecified atom stereocenters. The Bertz CT molecular complexity index is 922. The summed E-state index contributed by atoms with van der Waals surface area (Å²) in [5.74, 6) is -0.749. The quantitative estimate of drug-likeness (QED) is 0.422. The molecule has 0 aliphatic rings. The van der Waals surface area contributed by atoms with Gasteiger partial charge in [-0.05, 0) is 65.4 Å². The third-order valence-corrected chi connectivity index (χ3v) is 5.48. The number of benzene rings is 2. The van der Waals surface area contributed by atoms with E-state index in [1.54, 1.807) is 11.3 Å². The molecule has 0 aliphatic heterocycles. The molecule has 0 aliphatic carbocycles. The van der Waals surface area contributed by atoms with Crippen molar-refractivity contribution >= 4 is 61.7 Å². The van der Waals surface area contributed by atoms with E-state index in [-0.39, 0.29) is 18.9 Å². The lowest BCUT2D eigenvalue weighted by Crippen LogP contribution is -2.21. The van der Waals surface area contributed by atoms with E-state index < -0.39 is 5.97 Å². The molecule has 0 fully saturated rings. The number of nitrogens with zero attached hydrogens (tertiary/aromatic N) is 1. The van der Waals surface area contributed by atoms with Gasteiger partial charge in [0.2, 0.25) is 0 Å². The molecule has 0 bridgehead atoms. The number of carbonyl (C=O) groups excluding carboxylic acids is 2. The van der Waals surface area contributed by atoms with Gasteiger partial charge < -0.3 is 10.1 Å². The second-order valence-electron chi connectivity index (χ2n) is 5.74. The van der Waals surface area contributed by atoms with Gasteiger partial charge in [-0.3, -0.25) is 9.59 Å². The van der Waals surface area contributed by atoms with Gasteiger partial charge in [-0.2, -0.15) is 0 Å². The van der Waals surface area contributed by atoms with Crippen molar-refractivity contribution in [1.82, 2.24) is 4.98 Å². The molecule has 2 aromatic carbocycles. The highest BCUT2D eigenvalue weighted by Crippen LogP contribution is 2.22. The number of halogens is 1. The van der Waals surface area contributed by atoms with E-state index in [0.29, 0.717) is 6.42 Å². The van der Waals surface area contributed by atoms with Crippen molar-refractivity contribution in [3.05, 3.63) is 56.6 Å². The van der Waals surface area contributed by atoms with Crippen LogP contribution in [0.15, 0.2) is 42.5 Å². The maximum absolute atomic E-state index is 11.9. The second-order valence-corrected chi connectivity index (χ2v) is 8.10. The van der Waals surface area contributed by atoms with E-state index in [0.717, 1.165) is 30.0 Å². The molecule has 1 N–H and O–H groups in total. The lowest BCUT2D eigenvalue weighted by Gasteiger charge is -2.09. The van der Waals surface area contributed by atoms with E-state index in [1.165, 1.54) is 0 Å². The Balaban J connectivity index is 1.45. The van der Waals surface area contributed by atoms with Gasteiger partial charge in [0.1, 0.15) is 0 Å². The molecule has 5 nitrogen and oxygen atoms in total. The van der Waals surface area contributed by atoms with Crippen LogP contribution in [-0.4, -0.2) is 23.5 Å². The minimum atomic E-state index is -0.404. The zero-order valence-corrected chi connectivity index (χ0v) is 17.1. The number of amides is 1. The van der Waals surface area contributed by atoms with Crippen LogP contribution in [0.4, 0.5) is 5.69 Å². The Kier molecular flexibility index (Phi) is 6.20. The number of aromatic nitrogens is 1. The number of ether oxygens (including phenoxy) is 1. The summed E-state index contributed by atoms with van der Waals surface area (Å²) in [7, 11) is 0. The number of hydrogen-bond acceptors (Lipinski definition) is 5. The first-order valence-corrected chi connectivity index (χ1v) is 9.97. The molecule has 7 heteroatoms. The highest BCUT2D eigenvalue weighted by molar-refractivity contribution is 14.1. The summed E-state index contributed by atoms with van der Waals surface area (Å²) in [5.41, 5.74) is 2.63. The van der Waals surface area contributed by atoms with Crippen molar-refractivity contribution in [2.45, 2.75) is 19.8 Å². The van der Waals surface area contributed by atoms with Gasteiger partial charge in [-0.25, -0.2) is 4.98 Å². The molecule has 3 aromatic rings. The van der Waals surface area contributed by atoms with Gasteiger partial charge in [0.05, 0.1) is 21.6 Å². The fourth-order valence-electron chi connectivity index (χ4n) is 2.41. The molecule has 134 valence electrons. The number of fused-ring (bicyclic) bond motifs is 1. The molecule has 1 aromatic heterocycles. The molecular weight excluding hydrogens is 463 g/mol. The van der Waals surface area contributed by atoms with Crippen molar-refractivity contribution < 1.29 is 14.3 Å². The molecule has 0 atom stereocenters. The summed E-state index contributed by atoms with van der Waals surface area (Å²) >= 11 is 3.78. The fraction of sp³-hybridized carbons (Fsp3) is 0.211. The van der Waals surface area contributed by atoms with Gasteiger partial charge in [-0.1, -0.05) is 12.1 Å². The van der Waals surface area contributed by atoms with Crippen LogP contribution < -0.4 is 5.32 Å². The van der Waals surface area contributed by atoms with Crippen LogP contribution in [0.25, 0.3) is 10.2 Å². The topological polar surface area (TPSA) is 68.3 Å². The standard InChI is InChI=1S/C19H17IN2O3S/c1-12-10-13(20)6-7-14(12)21-17(23)11-25-19(24)9-8-18-22-15-4-2-3-5-16(15)26-18/h2-7,10H,8-9,11H2,1H3,(H,21,23). The summed E-state index contributed by atoms with van der Waals surface area (Å²) < 4.78 is 7.26. The highest BCUT2D eigenvalue weighted by Gasteiger charge is 2.11. The number of para-hydroxylation sites is 1. The number of aryl methyl sites for hydroxylation is 2. The molecule has 1 heterocycles. The van der Waals surface area contributed by atoms with E-state index in [4.69, 9.17) is 4.74 Å². The largest absolute Gasteiger partial charge is 0.456 e. The molecule has 0 spiro atoms. The van der Waals surface area contributed by atoms with E-state index in [9.17, 15) is 9.59 Å². The van der Waals surface area contributed by atoms with Crippen molar-refractivity contribution in [3.8, 4) is 0 Å². The molecule has 0 saturated carbocycles. The van der Waals surface area contributed by atoms with Crippen molar-refractivity contribution in [2.24, 2.45) is 0 Å². The van der Waals surface area contributed by atoms with Crippen molar-refractivity contribution in [2.75, 3.05) is 11.9 Å². The van der Waals surface area contributed by atoms with Gasteiger partial charge in [0.15, 0.2) is 6.61 Å². The van der Waals surface area contributed by atoms with E-state index in [2.05, 4.69) is 32.9 Å². The Morgan fingerprint density at radius 2 is 2.04 bits per heavy atom. The summed E-state index contributed by atoms with van der Waals surface area (Å²) in [6.45, 7) is 1.63. The number of rotatable bonds is 6. The minimum Gasteiger partial charge on any atom is -0.456 e. The summed E-state index contributed by atoms with van der Waals surface area (Å²) in [6, 6.07) is 13.6. The van der Waals surface area contributed by atoms with E-state index in [1.807, 2.05) is 49.4 Å². The second kappa shape index (κ2) is 8.59. The van der Waals surface area contributed by atoms with Gasteiger partial charge >= 0.3 is 5.97 Å². The number of esters is 1. The average molecular weight is 480 g/mol. The van der Waals surface area contributed by atoms with Crippen LogP contribution >= 0.6 is 33.9 Å². The number of hydrogen-bond donors (Lipinski definition) is 1. The lowest BCUT2D eigenvalue weighted by molar-refractivity contribution is -0.147. The average Bonchev–Trinajstić information content (AvgIpc) is 3.03. The molecule has 3 rings (SSSR count). The number of nitrogens with one attached hydrogen (secondary N) is 1. The monoisotopic (exact) mass is 480 g/mol. The maximum atomic E-state index is 11.9. The minimum absolute atomic E-state index is 0.204. The predicted octanol–water partition coefficient (Wildman–Crippen LogP) is 4.32. The maximum Gasteiger partial charge on any atom is 0.306 e. The SMILES string of the molecule is Cc1cc(I)ccc1NC(=O)COC(=O)CCc1nc2ccccc2s1. The van der Waals surface area contributed by atoms with Crippen LogP contribution in [0.3, 0.4) is 0 Å². The van der Waals surface area contributed by atoms with Crippen LogP contribution in [0.5, 0.6) is 0 Å². The molecule has 0 radical (unpaired) electrons. The Hall–Kier alpha value is -2.00. The third-order valence-electron chi connectivity index (χ3n) is 3.71. The normalized spacial score (nSPS) is 10.7. The highest BCUT2D eigenvalue weighted by atomic mass is 127.